The Hall–Kier alpha value is -1.78. The van der Waals surface area contributed by atoms with Crippen molar-refractivity contribution in [2.75, 3.05) is 11.9 Å². The van der Waals surface area contributed by atoms with E-state index < -0.39 is 0 Å². The highest BCUT2D eigenvalue weighted by atomic mass is 35.5. The van der Waals surface area contributed by atoms with Gasteiger partial charge in [0.15, 0.2) is 11.5 Å². The minimum Gasteiger partial charge on any atom is -0.490 e. The van der Waals surface area contributed by atoms with Crippen LogP contribution in [0.4, 0.5) is 5.69 Å². The van der Waals surface area contributed by atoms with Gasteiger partial charge in [0, 0.05) is 16.6 Å². The first-order valence-electron chi connectivity index (χ1n) is 8.97. The molecule has 0 bridgehead atoms. The van der Waals surface area contributed by atoms with Crippen molar-refractivity contribution < 1.29 is 9.47 Å². The molecule has 3 nitrogen and oxygen atoms in total. The molecular formula is C22H19Cl4NO2. The van der Waals surface area contributed by atoms with Crippen LogP contribution in [0.25, 0.3) is 0 Å². The molecule has 0 aromatic heterocycles. The van der Waals surface area contributed by atoms with Crippen LogP contribution in [-0.2, 0) is 13.2 Å². The number of ether oxygens (including phenoxy) is 2. The summed E-state index contributed by atoms with van der Waals surface area (Å²) in [5.41, 5.74) is 2.70. The molecule has 29 heavy (non-hydrogen) atoms. The maximum Gasteiger partial charge on any atom is 0.180 e. The van der Waals surface area contributed by atoms with Crippen LogP contribution in [-0.4, -0.2) is 6.61 Å². The summed E-state index contributed by atoms with van der Waals surface area (Å²) >= 11 is 24.6. The Morgan fingerprint density at radius 3 is 2.17 bits per heavy atom. The zero-order valence-corrected chi connectivity index (χ0v) is 18.7. The van der Waals surface area contributed by atoms with Crippen molar-refractivity contribution in [1.29, 1.82) is 0 Å². The Labute approximate surface area is 190 Å². The number of nitrogens with one attached hydrogen (secondary N) is 1. The van der Waals surface area contributed by atoms with Gasteiger partial charge in [0.1, 0.15) is 6.61 Å². The van der Waals surface area contributed by atoms with Gasteiger partial charge < -0.3 is 14.8 Å². The first-order valence-corrected chi connectivity index (χ1v) is 10.5. The van der Waals surface area contributed by atoms with Crippen molar-refractivity contribution in [3.8, 4) is 11.5 Å². The van der Waals surface area contributed by atoms with E-state index in [2.05, 4.69) is 5.32 Å². The Bertz CT molecular complexity index is 977. The van der Waals surface area contributed by atoms with Crippen LogP contribution in [0.5, 0.6) is 11.5 Å². The van der Waals surface area contributed by atoms with E-state index in [1.807, 2.05) is 49.4 Å². The van der Waals surface area contributed by atoms with E-state index in [0.717, 1.165) is 16.8 Å². The van der Waals surface area contributed by atoms with Crippen molar-refractivity contribution in [2.24, 2.45) is 0 Å². The minimum atomic E-state index is 0.356. The molecule has 0 radical (unpaired) electrons. The molecule has 0 saturated carbocycles. The number of rotatable bonds is 8. The second-order valence-electron chi connectivity index (χ2n) is 6.23. The van der Waals surface area contributed by atoms with E-state index in [4.69, 9.17) is 55.9 Å². The van der Waals surface area contributed by atoms with E-state index >= 15 is 0 Å². The average Bonchev–Trinajstić information content (AvgIpc) is 2.68. The normalized spacial score (nSPS) is 10.7. The fraction of sp³-hybridized carbons (Fsp3) is 0.182. The third-order valence-corrected chi connectivity index (χ3v) is 5.16. The summed E-state index contributed by atoms with van der Waals surface area (Å²) in [5.74, 6) is 1.10. The molecule has 0 atom stereocenters. The highest BCUT2D eigenvalue weighted by molar-refractivity contribution is 6.36. The Kier molecular flexibility index (Phi) is 7.79. The molecule has 0 fully saturated rings. The van der Waals surface area contributed by atoms with E-state index in [-0.39, 0.29) is 0 Å². The largest absolute Gasteiger partial charge is 0.490 e. The Balaban J connectivity index is 1.75. The van der Waals surface area contributed by atoms with Gasteiger partial charge >= 0.3 is 0 Å². The first kappa shape index (κ1) is 21.9. The van der Waals surface area contributed by atoms with Gasteiger partial charge in [0.05, 0.1) is 22.3 Å². The fourth-order valence-electron chi connectivity index (χ4n) is 2.69. The summed E-state index contributed by atoms with van der Waals surface area (Å²) in [6.07, 6.45) is 0. The molecule has 0 saturated heterocycles. The highest BCUT2D eigenvalue weighted by Gasteiger charge is 2.13. The molecule has 1 N–H and O–H groups in total. The molecule has 3 aromatic carbocycles. The Morgan fingerprint density at radius 2 is 1.48 bits per heavy atom. The van der Waals surface area contributed by atoms with Gasteiger partial charge in [-0.15, -0.1) is 0 Å². The maximum absolute atomic E-state index is 6.50. The van der Waals surface area contributed by atoms with Gasteiger partial charge in [-0.25, -0.2) is 0 Å². The van der Waals surface area contributed by atoms with E-state index in [0.29, 0.717) is 51.3 Å². The molecule has 0 amide bonds. The highest BCUT2D eigenvalue weighted by Crippen LogP contribution is 2.37. The molecule has 3 aromatic rings. The topological polar surface area (TPSA) is 30.5 Å². The molecule has 0 heterocycles. The van der Waals surface area contributed by atoms with Crippen molar-refractivity contribution in [1.82, 2.24) is 0 Å². The van der Waals surface area contributed by atoms with Gasteiger partial charge in [0.25, 0.3) is 0 Å². The van der Waals surface area contributed by atoms with Gasteiger partial charge in [-0.2, -0.15) is 0 Å². The van der Waals surface area contributed by atoms with Gasteiger partial charge in [-0.3, -0.25) is 0 Å². The molecule has 152 valence electrons. The van der Waals surface area contributed by atoms with Crippen LogP contribution in [0.15, 0.2) is 54.6 Å². The van der Waals surface area contributed by atoms with Crippen LogP contribution in [0.1, 0.15) is 18.1 Å². The lowest BCUT2D eigenvalue weighted by atomic mass is 10.2. The molecule has 7 heteroatoms. The first-order chi connectivity index (χ1) is 14.0. The number of hydrogen-bond acceptors (Lipinski definition) is 3. The summed E-state index contributed by atoms with van der Waals surface area (Å²) in [6, 6.07) is 16.5. The molecule has 0 aliphatic carbocycles. The number of halogens is 4. The SMILES string of the molecule is CCOc1cc(CNc2ccc(Cl)cc2Cl)cc(Cl)c1OCc1ccc(Cl)cc1. The standard InChI is InChI=1S/C22H19Cl4NO2/c1-2-28-21-10-15(12-27-20-8-7-17(24)11-18(20)25)9-19(26)22(21)29-13-14-3-5-16(23)6-4-14/h3-11,27H,2,12-13H2,1H3. The zero-order valence-electron chi connectivity index (χ0n) is 15.6. The maximum atomic E-state index is 6.50. The van der Waals surface area contributed by atoms with Crippen molar-refractivity contribution in [2.45, 2.75) is 20.1 Å². The third-order valence-electron chi connectivity index (χ3n) is 4.08. The lowest BCUT2D eigenvalue weighted by molar-refractivity contribution is 0.269. The van der Waals surface area contributed by atoms with E-state index in [1.165, 1.54) is 0 Å². The van der Waals surface area contributed by atoms with Crippen LogP contribution in [0.2, 0.25) is 20.1 Å². The van der Waals surface area contributed by atoms with Crippen molar-refractivity contribution in [3.63, 3.8) is 0 Å². The quantitative estimate of drug-likeness (QED) is 0.363. The van der Waals surface area contributed by atoms with Gasteiger partial charge in [-0.1, -0.05) is 58.5 Å². The fourth-order valence-corrected chi connectivity index (χ4v) is 3.58. The van der Waals surface area contributed by atoms with Gasteiger partial charge in [0.2, 0.25) is 0 Å². The second kappa shape index (κ2) is 10.3. The van der Waals surface area contributed by atoms with Crippen LogP contribution in [0, 0.1) is 0 Å². The zero-order chi connectivity index (χ0) is 20.8. The summed E-state index contributed by atoms with van der Waals surface area (Å²) in [6.45, 7) is 3.27. The summed E-state index contributed by atoms with van der Waals surface area (Å²) < 4.78 is 11.7. The smallest absolute Gasteiger partial charge is 0.180 e. The minimum absolute atomic E-state index is 0.356. The predicted octanol–water partition coefficient (Wildman–Crippen LogP) is 7.89. The second-order valence-corrected chi connectivity index (χ2v) is 7.92. The van der Waals surface area contributed by atoms with Crippen molar-refractivity contribution in [3.05, 3.63) is 85.8 Å². The molecule has 0 aliphatic heterocycles. The summed E-state index contributed by atoms with van der Waals surface area (Å²) in [4.78, 5) is 0. The van der Waals surface area contributed by atoms with Crippen molar-refractivity contribution >= 4 is 52.1 Å². The molecule has 0 spiro atoms. The molecule has 0 unspecified atom stereocenters. The van der Waals surface area contributed by atoms with Crippen LogP contribution < -0.4 is 14.8 Å². The monoisotopic (exact) mass is 469 g/mol. The number of hydrogen-bond donors (Lipinski definition) is 1. The van der Waals surface area contributed by atoms with Crippen LogP contribution >= 0.6 is 46.4 Å². The number of benzene rings is 3. The lowest BCUT2D eigenvalue weighted by Crippen LogP contribution is -2.04. The summed E-state index contributed by atoms with van der Waals surface area (Å²) in [7, 11) is 0. The Morgan fingerprint density at radius 1 is 0.759 bits per heavy atom. The predicted molar refractivity (Wildman–Crippen MR) is 122 cm³/mol. The van der Waals surface area contributed by atoms with E-state index in [1.54, 1.807) is 12.1 Å². The summed E-state index contributed by atoms with van der Waals surface area (Å²) in [5, 5.41) is 5.57. The molecule has 3 rings (SSSR count). The van der Waals surface area contributed by atoms with E-state index in [9.17, 15) is 0 Å². The number of anilines is 1. The van der Waals surface area contributed by atoms with Gasteiger partial charge in [-0.05, 0) is 60.5 Å². The third kappa shape index (κ3) is 6.10. The average molecular weight is 471 g/mol. The van der Waals surface area contributed by atoms with Crippen LogP contribution in [0.3, 0.4) is 0 Å². The lowest BCUT2D eigenvalue weighted by Gasteiger charge is -2.16. The molecule has 0 aliphatic rings. The molecular weight excluding hydrogens is 452 g/mol.